The molecule has 26 heavy (non-hydrogen) atoms. The first-order valence-corrected chi connectivity index (χ1v) is 8.87. The minimum atomic E-state index is -1.11. The number of aliphatic hydroxyl groups excluding tert-OH is 2. The molecule has 1 rings (SSSR count). The van der Waals surface area contributed by atoms with Crippen molar-refractivity contribution >= 4 is 12.2 Å². The monoisotopic (exact) mass is 372 g/mol. The minimum Gasteiger partial charge on any atom is -0.442 e. The zero-order valence-electron chi connectivity index (χ0n) is 16.4. The third kappa shape index (κ3) is 8.05. The highest BCUT2D eigenvalue weighted by Gasteiger charge is 2.31. The first kappa shape index (κ1) is 22.2. The molecular weight excluding hydrogens is 340 g/mol. The van der Waals surface area contributed by atoms with E-state index in [-0.39, 0.29) is 18.9 Å². The molecule has 0 radical (unpaired) electrons. The van der Waals surface area contributed by atoms with Crippen LogP contribution in [0, 0.1) is 0 Å². The number of ether oxygens (including phenoxy) is 2. The van der Waals surface area contributed by atoms with Gasteiger partial charge in [0.1, 0.15) is 12.2 Å². The fourth-order valence-corrected chi connectivity index (χ4v) is 2.52. The third-order valence-corrected chi connectivity index (χ3v) is 3.72. The van der Waals surface area contributed by atoms with E-state index in [1.54, 1.807) is 26.8 Å². The Labute approximate surface area is 154 Å². The van der Waals surface area contributed by atoms with Crippen LogP contribution in [-0.2, 0) is 9.47 Å². The summed E-state index contributed by atoms with van der Waals surface area (Å²) in [6.45, 7) is 10.8. The van der Waals surface area contributed by atoms with Crippen molar-refractivity contribution in [3.63, 3.8) is 0 Å². The predicted molar refractivity (Wildman–Crippen MR) is 96.7 cm³/mol. The molecule has 0 saturated heterocycles. The number of hydrogen-bond acceptors (Lipinski definition) is 6. The molecule has 0 fully saturated rings. The van der Waals surface area contributed by atoms with E-state index >= 15 is 0 Å². The predicted octanol–water partition coefficient (Wildman–Crippen LogP) is 1.84. The van der Waals surface area contributed by atoms with Gasteiger partial charge in [-0.15, -0.1) is 0 Å². The van der Waals surface area contributed by atoms with Gasteiger partial charge in [-0.1, -0.05) is 0 Å². The largest absolute Gasteiger partial charge is 0.442 e. The standard InChI is InChI=1S/C18H32N2O6/c1-10(2)19-16(23)25-12-7-11(3)15(9-14(22)13(21)8-12)26-17(24)20-18(4,5)6/h7,10,12-15,21-22H,8-9H2,1-6H3,(H,19,23)(H,20,24)/b11-7+. The molecule has 4 N–H and O–H groups in total. The molecule has 0 aromatic carbocycles. The van der Waals surface area contributed by atoms with E-state index in [4.69, 9.17) is 9.47 Å². The molecular formula is C18H32N2O6. The number of hydrogen-bond donors (Lipinski definition) is 4. The van der Waals surface area contributed by atoms with Gasteiger partial charge in [0.05, 0.1) is 12.2 Å². The number of carbonyl (C=O) groups is 2. The van der Waals surface area contributed by atoms with Gasteiger partial charge in [0.2, 0.25) is 0 Å². The minimum absolute atomic E-state index is 0.0604. The van der Waals surface area contributed by atoms with E-state index in [9.17, 15) is 19.8 Å². The van der Waals surface area contributed by atoms with Crippen molar-refractivity contribution in [1.29, 1.82) is 0 Å². The van der Waals surface area contributed by atoms with Crippen LogP contribution in [0.3, 0.4) is 0 Å². The summed E-state index contributed by atoms with van der Waals surface area (Å²) < 4.78 is 10.7. The van der Waals surface area contributed by atoms with Crippen molar-refractivity contribution in [1.82, 2.24) is 10.6 Å². The van der Waals surface area contributed by atoms with Crippen molar-refractivity contribution in [2.45, 2.75) is 90.4 Å². The molecule has 4 unspecified atom stereocenters. The molecule has 2 amide bonds. The van der Waals surface area contributed by atoms with Crippen LogP contribution in [0.1, 0.15) is 54.4 Å². The molecule has 0 bridgehead atoms. The first-order chi connectivity index (χ1) is 11.9. The lowest BCUT2D eigenvalue weighted by Crippen LogP contribution is -2.44. The lowest BCUT2D eigenvalue weighted by molar-refractivity contribution is -0.0332. The molecule has 0 aliphatic heterocycles. The van der Waals surface area contributed by atoms with Crippen molar-refractivity contribution < 1.29 is 29.3 Å². The van der Waals surface area contributed by atoms with Crippen LogP contribution >= 0.6 is 0 Å². The van der Waals surface area contributed by atoms with E-state index in [0.29, 0.717) is 5.57 Å². The molecule has 0 heterocycles. The van der Waals surface area contributed by atoms with Crippen molar-refractivity contribution in [3.05, 3.63) is 11.6 Å². The summed E-state index contributed by atoms with van der Waals surface area (Å²) in [6.07, 6.45) is -3.15. The first-order valence-electron chi connectivity index (χ1n) is 8.87. The Hall–Kier alpha value is -1.80. The summed E-state index contributed by atoms with van der Waals surface area (Å²) in [5.41, 5.74) is 0.178. The average molecular weight is 372 g/mol. The highest BCUT2D eigenvalue weighted by molar-refractivity contribution is 5.69. The Morgan fingerprint density at radius 2 is 1.69 bits per heavy atom. The Kier molecular flexibility index (Phi) is 7.89. The maximum atomic E-state index is 12.0. The number of amides is 2. The second kappa shape index (κ2) is 9.23. The maximum absolute atomic E-state index is 12.0. The molecule has 0 saturated carbocycles. The van der Waals surface area contributed by atoms with Crippen molar-refractivity contribution in [2.24, 2.45) is 0 Å². The molecule has 1 aliphatic rings. The van der Waals surface area contributed by atoms with E-state index < -0.39 is 42.1 Å². The fraction of sp³-hybridized carbons (Fsp3) is 0.778. The maximum Gasteiger partial charge on any atom is 0.408 e. The quantitative estimate of drug-likeness (QED) is 0.562. The van der Waals surface area contributed by atoms with Crippen LogP contribution in [0.25, 0.3) is 0 Å². The zero-order chi connectivity index (χ0) is 20.1. The number of aliphatic hydroxyl groups is 2. The number of alkyl carbamates (subject to hydrolysis) is 2. The van der Waals surface area contributed by atoms with Gasteiger partial charge in [0.15, 0.2) is 0 Å². The molecule has 8 heteroatoms. The Bertz CT molecular complexity index is 526. The summed E-state index contributed by atoms with van der Waals surface area (Å²) in [6, 6.07) is -0.0891. The van der Waals surface area contributed by atoms with Gasteiger partial charge in [-0.3, -0.25) is 0 Å². The topological polar surface area (TPSA) is 117 Å². The summed E-state index contributed by atoms with van der Waals surface area (Å²) >= 11 is 0. The van der Waals surface area contributed by atoms with Gasteiger partial charge < -0.3 is 30.3 Å². The molecule has 150 valence electrons. The molecule has 1 aliphatic carbocycles. The lowest BCUT2D eigenvalue weighted by atomic mass is 9.93. The number of nitrogens with one attached hydrogen (secondary N) is 2. The van der Waals surface area contributed by atoms with Gasteiger partial charge in [-0.05, 0) is 53.2 Å². The molecule has 0 spiro atoms. The second-order valence-corrected chi connectivity index (χ2v) is 8.03. The highest BCUT2D eigenvalue weighted by Crippen LogP contribution is 2.23. The summed E-state index contributed by atoms with van der Waals surface area (Å²) in [5, 5.41) is 25.6. The van der Waals surface area contributed by atoms with E-state index in [2.05, 4.69) is 10.6 Å². The molecule has 8 nitrogen and oxygen atoms in total. The summed E-state index contributed by atoms with van der Waals surface area (Å²) in [5.74, 6) is 0. The summed E-state index contributed by atoms with van der Waals surface area (Å²) in [4.78, 5) is 23.9. The summed E-state index contributed by atoms with van der Waals surface area (Å²) in [7, 11) is 0. The lowest BCUT2D eigenvalue weighted by Gasteiger charge is -2.30. The van der Waals surface area contributed by atoms with Crippen molar-refractivity contribution in [3.8, 4) is 0 Å². The average Bonchev–Trinajstić information content (AvgIpc) is 2.42. The highest BCUT2D eigenvalue weighted by atomic mass is 16.6. The normalized spacial score (nSPS) is 29.0. The molecule has 0 aromatic heterocycles. The van der Waals surface area contributed by atoms with E-state index in [1.807, 2.05) is 20.8 Å². The van der Waals surface area contributed by atoms with E-state index in [1.165, 1.54) is 0 Å². The second-order valence-electron chi connectivity index (χ2n) is 8.03. The van der Waals surface area contributed by atoms with Gasteiger partial charge in [0.25, 0.3) is 0 Å². The molecule has 4 atom stereocenters. The van der Waals surface area contributed by atoms with Gasteiger partial charge in [0, 0.05) is 24.4 Å². The fourth-order valence-electron chi connectivity index (χ4n) is 2.52. The third-order valence-electron chi connectivity index (χ3n) is 3.72. The number of rotatable bonds is 3. The Morgan fingerprint density at radius 3 is 2.23 bits per heavy atom. The van der Waals surface area contributed by atoms with Crippen LogP contribution < -0.4 is 10.6 Å². The molecule has 0 aromatic rings. The Balaban J connectivity index is 2.89. The van der Waals surface area contributed by atoms with Crippen LogP contribution in [0.5, 0.6) is 0 Å². The smallest absolute Gasteiger partial charge is 0.408 e. The zero-order valence-corrected chi connectivity index (χ0v) is 16.4. The van der Waals surface area contributed by atoms with E-state index in [0.717, 1.165) is 0 Å². The van der Waals surface area contributed by atoms with Crippen LogP contribution in [0.4, 0.5) is 9.59 Å². The van der Waals surface area contributed by atoms with Gasteiger partial charge >= 0.3 is 12.2 Å². The van der Waals surface area contributed by atoms with Gasteiger partial charge in [-0.25, -0.2) is 9.59 Å². The van der Waals surface area contributed by atoms with Gasteiger partial charge in [-0.2, -0.15) is 0 Å². The number of carbonyl (C=O) groups excluding carboxylic acids is 2. The Morgan fingerprint density at radius 1 is 1.12 bits per heavy atom. The van der Waals surface area contributed by atoms with Crippen LogP contribution in [0.2, 0.25) is 0 Å². The SMILES string of the molecule is C/C1=C\C(OC(=O)NC(C)C)CC(O)C(O)CC1OC(=O)NC(C)(C)C. The van der Waals surface area contributed by atoms with Crippen LogP contribution in [-0.4, -0.2) is 58.4 Å². The van der Waals surface area contributed by atoms with Crippen LogP contribution in [0.15, 0.2) is 11.6 Å². The van der Waals surface area contributed by atoms with Crippen molar-refractivity contribution in [2.75, 3.05) is 0 Å².